The SMILES string of the molecule is CC(C)OCC(=O)NCC1(N)CCCCC1. The molecular weight excluding hydrogens is 204 g/mol. The van der Waals surface area contributed by atoms with E-state index in [1.807, 2.05) is 13.8 Å². The van der Waals surface area contributed by atoms with Gasteiger partial charge in [0.1, 0.15) is 6.61 Å². The first-order valence-corrected chi connectivity index (χ1v) is 6.19. The maximum absolute atomic E-state index is 11.4. The summed E-state index contributed by atoms with van der Waals surface area (Å²) in [5, 5.41) is 2.86. The second-order valence-corrected chi connectivity index (χ2v) is 5.06. The Kier molecular flexibility index (Phi) is 5.22. The number of amides is 1. The molecule has 0 radical (unpaired) electrons. The predicted octanol–water partition coefficient (Wildman–Crippen LogP) is 1.19. The highest BCUT2D eigenvalue weighted by atomic mass is 16.5. The summed E-state index contributed by atoms with van der Waals surface area (Å²) in [6.45, 7) is 4.54. The molecule has 94 valence electrons. The van der Waals surface area contributed by atoms with Crippen molar-refractivity contribution in [3.63, 3.8) is 0 Å². The van der Waals surface area contributed by atoms with Gasteiger partial charge in [0, 0.05) is 12.1 Å². The minimum atomic E-state index is -0.189. The van der Waals surface area contributed by atoms with Gasteiger partial charge in [-0.2, -0.15) is 0 Å². The van der Waals surface area contributed by atoms with Gasteiger partial charge in [0.15, 0.2) is 0 Å². The number of hydrogen-bond acceptors (Lipinski definition) is 3. The summed E-state index contributed by atoms with van der Waals surface area (Å²) in [6, 6.07) is 0. The Hall–Kier alpha value is -0.610. The average Bonchev–Trinajstić information content (AvgIpc) is 2.25. The summed E-state index contributed by atoms with van der Waals surface area (Å²) in [4.78, 5) is 11.4. The Bertz CT molecular complexity index is 223. The number of ether oxygens (including phenoxy) is 1. The van der Waals surface area contributed by atoms with Crippen LogP contribution in [0.5, 0.6) is 0 Å². The maximum Gasteiger partial charge on any atom is 0.246 e. The third-order valence-electron chi connectivity index (χ3n) is 3.03. The lowest BCUT2D eigenvalue weighted by Crippen LogP contribution is -2.51. The third-order valence-corrected chi connectivity index (χ3v) is 3.03. The van der Waals surface area contributed by atoms with Crippen molar-refractivity contribution in [1.82, 2.24) is 5.32 Å². The van der Waals surface area contributed by atoms with Gasteiger partial charge >= 0.3 is 0 Å². The van der Waals surface area contributed by atoms with Crippen LogP contribution in [0.25, 0.3) is 0 Å². The monoisotopic (exact) mass is 228 g/mol. The average molecular weight is 228 g/mol. The topological polar surface area (TPSA) is 64.3 Å². The van der Waals surface area contributed by atoms with E-state index in [-0.39, 0.29) is 24.2 Å². The van der Waals surface area contributed by atoms with E-state index in [0.717, 1.165) is 12.8 Å². The maximum atomic E-state index is 11.4. The van der Waals surface area contributed by atoms with Gasteiger partial charge in [0.25, 0.3) is 0 Å². The molecule has 0 aromatic heterocycles. The third kappa shape index (κ3) is 4.94. The van der Waals surface area contributed by atoms with Crippen LogP contribution in [0.3, 0.4) is 0 Å². The van der Waals surface area contributed by atoms with Crippen molar-refractivity contribution in [3.8, 4) is 0 Å². The first-order valence-electron chi connectivity index (χ1n) is 6.19. The number of nitrogens with one attached hydrogen (secondary N) is 1. The molecule has 0 unspecified atom stereocenters. The predicted molar refractivity (Wildman–Crippen MR) is 64.1 cm³/mol. The molecule has 0 atom stereocenters. The molecular formula is C12H24N2O2. The van der Waals surface area contributed by atoms with E-state index >= 15 is 0 Å². The summed E-state index contributed by atoms with van der Waals surface area (Å²) >= 11 is 0. The zero-order valence-electron chi connectivity index (χ0n) is 10.4. The van der Waals surface area contributed by atoms with Crippen LogP contribution in [0.15, 0.2) is 0 Å². The summed E-state index contributed by atoms with van der Waals surface area (Å²) in [7, 11) is 0. The standard InChI is InChI=1S/C12H24N2O2/c1-10(2)16-8-11(15)14-9-12(13)6-4-3-5-7-12/h10H,3-9,13H2,1-2H3,(H,14,15). The lowest BCUT2D eigenvalue weighted by atomic mass is 9.82. The number of carbonyl (C=O) groups excluding carboxylic acids is 1. The van der Waals surface area contributed by atoms with Gasteiger partial charge in [0.05, 0.1) is 6.10 Å². The molecule has 16 heavy (non-hydrogen) atoms. The minimum absolute atomic E-state index is 0.0656. The van der Waals surface area contributed by atoms with Crippen LogP contribution >= 0.6 is 0 Å². The van der Waals surface area contributed by atoms with E-state index in [1.165, 1.54) is 19.3 Å². The summed E-state index contributed by atoms with van der Waals surface area (Å²) in [5.41, 5.74) is 6.02. The molecule has 0 aliphatic heterocycles. The van der Waals surface area contributed by atoms with Crippen LogP contribution in [0.2, 0.25) is 0 Å². The molecule has 1 aliphatic carbocycles. The molecule has 0 bridgehead atoms. The molecule has 1 rings (SSSR count). The summed E-state index contributed by atoms with van der Waals surface area (Å²) < 4.78 is 5.22. The molecule has 1 aliphatic rings. The lowest BCUT2D eigenvalue weighted by molar-refractivity contribution is -0.127. The molecule has 4 heteroatoms. The summed E-state index contributed by atoms with van der Waals surface area (Å²) in [5.74, 6) is -0.0656. The van der Waals surface area contributed by atoms with E-state index in [4.69, 9.17) is 10.5 Å². The highest BCUT2D eigenvalue weighted by Gasteiger charge is 2.27. The quantitative estimate of drug-likeness (QED) is 0.743. The fraction of sp³-hybridized carbons (Fsp3) is 0.917. The van der Waals surface area contributed by atoms with Crippen LogP contribution in [0, 0.1) is 0 Å². The van der Waals surface area contributed by atoms with Gasteiger partial charge in [-0.05, 0) is 26.7 Å². The van der Waals surface area contributed by atoms with Gasteiger partial charge in [0.2, 0.25) is 5.91 Å². The first kappa shape index (κ1) is 13.5. The van der Waals surface area contributed by atoms with E-state index < -0.39 is 0 Å². The molecule has 1 amide bonds. The van der Waals surface area contributed by atoms with E-state index in [9.17, 15) is 4.79 Å². The van der Waals surface area contributed by atoms with Crippen molar-refractivity contribution >= 4 is 5.91 Å². The highest BCUT2D eigenvalue weighted by Crippen LogP contribution is 2.24. The lowest BCUT2D eigenvalue weighted by Gasteiger charge is -2.33. The van der Waals surface area contributed by atoms with Crippen LogP contribution in [-0.4, -0.2) is 30.7 Å². The molecule has 0 spiro atoms. The first-order chi connectivity index (χ1) is 7.52. The van der Waals surface area contributed by atoms with Gasteiger partial charge in [-0.3, -0.25) is 4.79 Å². The van der Waals surface area contributed by atoms with Crippen molar-refractivity contribution in [2.45, 2.75) is 57.6 Å². The van der Waals surface area contributed by atoms with Gasteiger partial charge < -0.3 is 15.8 Å². The van der Waals surface area contributed by atoms with Crippen molar-refractivity contribution in [2.24, 2.45) is 5.73 Å². The van der Waals surface area contributed by atoms with Gasteiger partial charge in [-0.1, -0.05) is 19.3 Å². The van der Waals surface area contributed by atoms with Crippen molar-refractivity contribution in [1.29, 1.82) is 0 Å². The van der Waals surface area contributed by atoms with Crippen LogP contribution in [-0.2, 0) is 9.53 Å². The molecule has 0 heterocycles. The van der Waals surface area contributed by atoms with E-state index in [2.05, 4.69) is 5.32 Å². The van der Waals surface area contributed by atoms with Gasteiger partial charge in [-0.15, -0.1) is 0 Å². The van der Waals surface area contributed by atoms with Gasteiger partial charge in [-0.25, -0.2) is 0 Å². The molecule has 1 saturated carbocycles. The van der Waals surface area contributed by atoms with Crippen molar-refractivity contribution < 1.29 is 9.53 Å². The largest absolute Gasteiger partial charge is 0.369 e. The zero-order valence-corrected chi connectivity index (χ0v) is 10.4. The Labute approximate surface area is 97.9 Å². The van der Waals surface area contributed by atoms with Crippen molar-refractivity contribution in [2.75, 3.05) is 13.2 Å². The van der Waals surface area contributed by atoms with Crippen molar-refractivity contribution in [3.05, 3.63) is 0 Å². The minimum Gasteiger partial charge on any atom is -0.369 e. The Morgan fingerprint density at radius 1 is 1.38 bits per heavy atom. The normalized spacial score (nSPS) is 19.8. The number of nitrogens with two attached hydrogens (primary N) is 1. The Morgan fingerprint density at radius 3 is 2.56 bits per heavy atom. The molecule has 4 nitrogen and oxygen atoms in total. The van der Waals surface area contributed by atoms with Crippen LogP contribution in [0.1, 0.15) is 46.0 Å². The number of carbonyl (C=O) groups is 1. The fourth-order valence-electron chi connectivity index (χ4n) is 2.00. The Balaban J connectivity index is 2.19. The van der Waals surface area contributed by atoms with Crippen LogP contribution in [0.4, 0.5) is 0 Å². The fourth-order valence-corrected chi connectivity index (χ4v) is 2.00. The molecule has 0 saturated heterocycles. The Morgan fingerprint density at radius 2 is 2.00 bits per heavy atom. The number of rotatable bonds is 5. The molecule has 1 fully saturated rings. The second-order valence-electron chi connectivity index (χ2n) is 5.06. The zero-order chi connectivity index (χ0) is 12.0. The van der Waals surface area contributed by atoms with Crippen LogP contribution < -0.4 is 11.1 Å². The second kappa shape index (κ2) is 6.21. The molecule has 3 N–H and O–H groups in total. The highest BCUT2D eigenvalue weighted by molar-refractivity contribution is 5.77. The molecule has 0 aromatic rings. The van der Waals surface area contributed by atoms with E-state index in [0.29, 0.717) is 6.54 Å². The van der Waals surface area contributed by atoms with E-state index in [1.54, 1.807) is 0 Å². The smallest absolute Gasteiger partial charge is 0.246 e. The number of hydrogen-bond donors (Lipinski definition) is 2. The molecule has 0 aromatic carbocycles. The summed E-state index contributed by atoms with van der Waals surface area (Å²) in [6.07, 6.45) is 5.73.